The third kappa shape index (κ3) is 2.57. The maximum absolute atomic E-state index is 13.2. The van der Waals surface area contributed by atoms with Crippen LogP contribution in [-0.4, -0.2) is 24.4 Å². The molecule has 108 valence electrons. The van der Waals surface area contributed by atoms with E-state index in [1.54, 1.807) is 31.3 Å². The fourth-order valence-corrected chi connectivity index (χ4v) is 2.21. The second-order valence-corrected chi connectivity index (χ2v) is 4.55. The summed E-state index contributed by atoms with van der Waals surface area (Å²) >= 11 is 0. The summed E-state index contributed by atoms with van der Waals surface area (Å²) < 4.78 is 24.0. The molecule has 3 rings (SSSR count). The summed E-state index contributed by atoms with van der Waals surface area (Å²) in [6.45, 7) is 0. The Morgan fingerprint density at radius 3 is 2.71 bits per heavy atom. The van der Waals surface area contributed by atoms with Gasteiger partial charge in [-0.2, -0.15) is 0 Å². The maximum Gasteiger partial charge on any atom is 0.233 e. The third-order valence-electron chi connectivity index (χ3n) is 3.24. The second kappa shape index (κ2) is 5.49. The topological polar surface area (TPSA) is 60.2 Å². The van der Waals surface area contributed by atoms with E-state index >= 15 is 0 Å². The molecule has 2 heterocycles. The van der Waals surface area contributed by atoms with Gasteiger partial charge in [-0.05, 0) is 37.4 Å². The summed E-state index contributed by atoms with van der Waals surface area (Å²) in [5, 5.41) is 11.9. The first-order valence-corrected chi connectivity index (χ1v) is 6.45. The van der Waals surface area contributed by atoms with Gasteiger partial charge in [-0.3, -0.25) is 0 Å². The molecule has 0 amide bonds. The van der Waals surface area contributed by atoms with Crippen LogP contribution in [0.5, 0.6) is 5.88 Å². The Kier molecular flexibility index (Phi) is 3.53. The quantitative estimate of drug-likeness (QED) is 0.799. The molecule has 0 aliphatic rings. The highest BCUT2D eigenvalue weighted by Crippen LogP contribution is 2.27. The highest BCUT2D eigenvalue weighted by molar-refractivity contribution is 5.78. The number of ether oxygens (including phenoxy) is 1. The molecule has 0 fully saturated rings. The zero-order valence-corrected chi connectivity index (χ0v) is 11.6. The van der Waals surface area contributed by atoms with Crippen LogP contribution in [0.2, 0.25) is 0 Å². The van der Waals surface area contributed by atoms with E-state index in [0.717, 1.165) is 0 Å². The molecular formula is C15H14FN3O2. The van der Waals surface area contributed by atoms with Crippen molar-refractivity contribution < 1.29 is 13.5 Å². The van der Waals surface area contributed by atoms with E-state index in [1.807, 2.05) is 0 Å². The van der Waals surface area contributed by atoms with Gasteiger partial charge < -0.3 is 14.5 Å². The van der Waals surface area contributed by atoms with E-state index < -0.39 is 0 Å². The smallest absolute Gasteiger partial charge is 0.233 e. The van der Waals surface area contributed by atoms with Crippen molar-refractivity contribution in [3.63, 3.8) is 0 Å². The maximum atomic E-state index is 13.2. The standard InChI is InChI=1S/C15H14FN3O2/c1-17-15(11-4-6-14(20-2)19-18-11)13-8-9-7-10(16)3-5-12(9)21-13/h3-8,15,17H,1-2H3. The van der Waals surface area contributed by atoms with Crippen LogP contribution >= 0.6 is 0 Å². The van der Waals surface area contributed by atoms with Crippen LogP contribution < -0.4 is 10.1 Å². The van der Waals surface area contributed by atoms with Crippen molar-refractivity contribution in [1.82, 2.24) is 15.5 Å². The van der Waals surface area contributed by atoms with Crippen molar-refractivity contribution in [3.05, 3.63) is 53.7 Å². The third-order valence-corrected chi connectivity index (χ3v) is 3.24. The minimum absolute atomic E-state index is 0.265. The van der Waals surface area contributed by atoms with E-state index in [2.05, 4.69) is 15.5 Å². The van der Waals surface area contributed by atoms with Crippen molar-refractivity contribution in [2.45, 2.75) is 6.04 Å². The first kappa shape index (κ1) is 13.5. The van der Waals surface area contributed by atoms with Crippen LogP contribution in [0.1, 0.15) is 17.5 Å². The van der Waals surface area contributed by atoms with Crippen molar-refractivity contribution in [1.29, 1.82) is 0 Å². The fraction of sp³-hybridized carbons (Fsp3) is 0.200. The van der Waals surface area contributed by atoms with Crippen molar-refractivity contribution in [2.75, 3.05) is 14.2 Å². The number of fused-ring (bicyclic) bond motifs is 1. The molecular weight excluding hydrogens is 273 g/mol. The number of furan rings is 1. The second-order valence-electron chi connectivity index (χ2n) is 4.55. The summed E-state index contributed by atoms with van der Waals surface area (Å²) in [7, 11) is 3.33. The Labute approximate surface area is 120 Å². The molecule has 0 saturated carbocycles. The molecule has 0 aliphatic carbocycles. The van der Waals surface area contributed by atoms with Gasteiger partial charge in [0.1, 0.15) is 23.2 Å². The molecule has 0 saturated heterocycles. The summed E-state index contributed by atoms with van der Waals surface area (Å²) in [5.41, 5.74) is 1.32. The van der Waals surface area contributed by atoms with Crippen molar-refractivity contribution >= 4 is 11.0 Å². The molecule has 1 N–H and O–H groups in total. The predicted octanol–water partition coefficient (Wildman–Crippen LogP) is 2.68. The number of nitrogens with zero attached hydrogens (tertiary/aromatic N) is 2. The number of halogens is 1. The predicted molar refractivity (Wildman–Crippen MR) is 75.7 cm³/mol. The lowest BCUT2D eigenvalue weighted by molar-refractivity contribution is 0.389. The minimum Gasteiger partial charge on any atom is -0.480 e. The highest BCUT2D eigenvalue weighted by atomic mass is 19.1. The van der Waals surface area contributed by atoms with Gasteiger partial charge in [-0.25, -0.2) is 4.39 Å². The van der Waals surface area contributed by atoms with E-state index in [4.69, 9.17) is 9.15 Å². The number of methoxy groups -OCH3 is 1. The van der Waals surface area contributed by atoms with Crippen molar-refractivity contribution in [2.24, 2.45) is 0 Å². The Bertz CT molecular complexity index is 755. The van der Waals surface area contributed by atoms with Gasteiger partial charge in [0, 0.05) is 11.5 Å². The number of hydrogen-bond acceptors (Lipinski definition) is 5. The molecule has 3 aromatic rings. The molecule has 1 unspecified atom stereocenters. The van der Waals surface area contributed by atoms with Crippen LogP contribution in [0.4, 0.5) is 4.39 Å². The number of benzene rings is 1. The highest BCUT2D eigenvalue weighted by Gasteiger charge is 2.19. The summed E-state index contributed by atoms with van der Waals surface area (Å²) in [6.07, 6.45) is 0. The first-order valence-electron chi connectivity index (χ1n) is 6.45. The molecule has 0 bridgehead atoms. The molecule has 1 aromatic carbocycles. The van der Waals surface area contributed by atoms with E-state index in [0.29, 0.717) is 28.3 Å². The van der Waals surface area contributed by atoms with Gasteiger partial charge in [-0.1, -0.05) is 0 Å². The summed E-state index contributed by atoms with van der Waals surface area (Å²) in [5.74, 6) is 0.804. The molecule has 1 atom stereocenters. The van der Waals surface area contributed by atoms with E-state index in [1.165, 1.54) is 19.2 Å². The normalized spacial score (nSPS) is 12.5. The Morgan fingerprint density at radius 2 is 2.05 bits per heavy atom. The van der Waals surface area contributed by atoms with Crippen LogP contribution in [0, 0.1) is 5.82 Å². The largest absolute Gasteiger partial charge is 0.480 e. The van der Waals surface area contributed by atoms with Crippen LogP contribution in [0.15, 0.2) is 40.8 Å². The van der Waals surface area contributed by atoms with Crippen molar-refractivity contribution in [3.8, 4) is 5.88 Å². The molecule has 0 aliphatic heterocycles. The van der Waals surface area contributed by atoms with Gasteiger partial charge in [-0.15, -0.1) is 10.2 Å². The summed E-state index contributed by atoms with van der Waals surface area (Å²) in [6, 6.07) is 9.49. The Balaban J connectivity index is 2.00. The lowest BCUT2D eigenvalue weighted by Gasteiger charge is -2.12. The zero-order chi connectivity index (χ0) is 14.8. The Morgan fingerprint density at radius 1 is 1.19 bits per heavy atom. The summed E-state index contributed by atoms with van der Waals surface area (Å²) in [4.78, 5) is 0. The molecule has 5 nitrogen and oxygen atoms in total. The van der Waals surface area contributed by atoms with Gasteiger partial charge in [0.25, 0.3) is 0 Å². The van der Waals surface area contributed by atoms with Gasteiger partial charge >= 0.3 is 0 Å². The van der Waals surface area contributed by atoms with E-state index in [9.17, 15) is 4.39 Å². The molecule has 0 spiro atoms. The van der Waals surface area contributed by atoms with Gasteiger partial charge in [0.05, 0.1) is 12.8 Å². The monoisotopic (exact) mass is 287 g/mol. The molecule has 0 radical (unpaired) electrons. The van der Waals surface area contributed by atoms with Crippen LogP contribution in [-0.2, 0) is 0 Å². The SMILES string of the molecule is CNC(c1ccc(OC)nn1)c1cc2cc(F)ccc2o1. The van der Waals surface area contributed by atoms with Gasteiger partial charge in [0.15, 0.2) is 0 Å². The number of hydrogen-bond donors (Lipinski definition) is 1. The molecule has 6 heteroatoms. The van der Waals surface area contributed by atoms with Crippen LogP contribution in [0.3, 0.4) is 0 Å². The zero-order valence-electron chi connectivity index (χ0n) is 11.6. The average Bonchev–Trinajstić information content (AvgIpc) is 2.91. The van der Waals surface area contributed by atoms with E-state index in [-0.39, 0.29) is 11.9 Å². The van der Waals surface area contributed by atoms with Crippen LogP contribution in [0.25, 0.3) is 11.0 Å². The molecule has 21 heavy (non-hydrogen) atoms. The number of rotatable bonds is 4. The average molecular weight is 287 g/mol. The lowest BCUT2D eigenvalue weighted by Crippen LogP contribution is -2.18. The number of nitrogens with one attached hydrogen (secondary N) is 1. The van der Waals surface area contributed by atoms with Gasteiger partial charge in [0.2, 0.25) is 5.88 Å². The Hall–Kier alpha value is -2.47. The fourth-order valence-electron chi connectivity index (χ4n) is 2.21. The minimum atomic E-state index is -0.292. The lowest BCUT2D eigenvalue weighted by atomic mass is 10.1. The molecule has 2 aromatic heterocycles. The number of aromatic nitrogens is 2. The first-order chi connectivity index (χ1) is 10.2.